The van der Waals surface area contributed by atoms with Gasteiger partial charge in [0.1, 0.15) is 19.8 Å². The van der Waals surface area contributed by atoms with E-state index in [1.54, 1.807) is 44.6 Å². The molecule has 0 atom stereocenters. The molecule has 1 N–H and O–H groups in total. The molecule has 5 aromatic rings. The van der Waals surface area contributed by atoms with Gasteiger partial charge < -0.3 is 28.4 Å². The molecular formula is C39H38N2O7. The molecule has 0 aliphatic heterocycles. The second-order valence-electron chi connectivity index (χ2n) is 10.5. The molecule has 5 rings (SSSR count). The molecule has 0 radical (unpaired) electrons. The van der Waals surface area contributed by atoms with Gasteiger partial charge in [-0.15, -0.1) is 0 Å². The third-order valence-corrected chi connectivity index (χ3v) is 7.17. The van der Waals surface area contributed by atoms with Gasteiger partial charge in [0, 0.05) is 5.56 Å². The monoisotopic (exact) mass is 646 g/mol. The van der Waals surface area contributed by atoms with Crippen LogP contribution < -0.4 is 33.8 Å². The Bertz CT molecular complexity index is 1810. The van der Waals surface area contributed by atoms with Crippen molar-refractivity contribution in [1.29, 1.82) is 0 Å². The molecule has 1 amide bonds. The SMILES string of the molecule is CCOc1cc(C(=O)N/N=C/c2ccc(OCc3ccc(OCc4ccccc4)c(OC)c3)c(OC)c2)ccc1OCc1ccccc1. The van der Waals surface area contributed by atoms with Gasteiger partial charge in [-0.05, 0) is 77.7 Å². The van der Waals surface area contributed by atoms with Crippen molar-refractivity contribution in [2.24, 2.45) is 5.10 Å². The van der Waals surface area contributed by atoms with Crippen molar-refractivity contribution >= 4 is 12.1 Å². The molecule has 246 valence electrons. The van der Waals surface area contributed by atoms with Crippen LogP contribution in [0.2, 0.25) is 0 Å². The van der Waals surface area contributed by atoms with Crippen LogP contribution in [0.4, 0.5) is 0 Å². The van der Waals surface area contributed by atoms with Crippen LogP contribution in [-0.2, 0) is 19.8 Å². The maximum Gasteiger partial charge on any atom is 0.271 e. The lowest BCUT2D eigenvalue weighted by Crippen LogP contribution is -2.17. The fourth-order valence-electron chi connectivity index (χ4n) is 4.70. The number of carbonyl (C=O) groups is 1. The molecule has 0 saturated carbocycles. The zero-order valence-electron chi connectivity index (χ0n) is 27.2. The van der Waals surface area contributed by atoms with Crippen LogP contribution >= 0.6 is 0 Å². The van der Waals surface area contributed by atoms with Crippen LogP contribution in [0.15, 0.2) is 120 Å². The summed E-state index contributed by atoms with van der Waals surface area (Å²) >= 11 is 0. The van der Waals surface area contributed by atoms with Gasteiger partial charge in [-0.1, -0.05) is 66.7 Å². The van der Waals surface area contributed by atoms with Gasteiger partial charge in [-0.3, -0.25) is 4.79 Å². The summed E-state index contributed by atoms with van der Waals surface area (Å²) < 4.78 is 34.8. The van der Waals surface area contributed by atoms with E-state index in [0.29, 0.717) is 65.4 Å². The molecule has 0 spiro atoms. The van der Waals surface area contributed by atoms with E-state index < -0.39 is 0 Å². The lowest BCUT2D eigenvalue weighted by atomic mass is 10.2. The van der Waals surface area contributed by atoms with Crippen LogP contribution in [0.5, 0.6) is 34.5 Å². The van der Waals surface area contributed by atoms with Crippen molar-refractivity contribution in [3.05, 3.63) is 143 Å². The second-order valence-corrected chi connectivity index (χ2v) is 10.5. The van der Waals surface area contributed by atoms with Gasteiger partial charge in [0.2, 0.25) is 0 Å². The van der Waals surface area contributed by atoms with Gasteiger partial charge in [0.05, 0.1) is 27.0 Å². The van der Waals surface area contributed by atoms with Gasteiger partial charge in [-0.25, -0.2) is 5.43 Å². The van der Waals surface area contributed by atoms with Crippen molar-refractivity contribution < 1.29 is 33.2 Å². The smallest absolute Gasteiger partial charge is 0.271 e. The zero-order chi connectivity index (χ0) is 33.6. The highest BCUT2D eigenvalue weighted by Crippen LogP contribution is 2.32. The summed E-state index contributed by atoms with van der Waals surface area (Å²) in [5, 5.41) is 4.13. The maximum atomic E-state index is 12.9. The number of hydrogen-bond donors (Lipinski definition) is 1. The molecule has 5 aromatic carbocycles. The van der Waals surface area contributed by atoms with Gasteiger partial charge in [0.15, 0.2) is 34.5 Å². The number of amides is 1. The van der Waals surface area contributed by atoms with Crippen LogP contribution in [0.1, 0.15) is 39.5 Å². The number of nitrogens with one attached hydrogen (secondary N) is 1. The second kappa shape index (κ2) is 17.1. The Morgan fingerprint density at radius 1 is 0.583 bits per heavy atom. The first-order valence-electron chi connectivity index (χ1n) is 15.5. The third kappa shape index (κ3) is 9.29. The number of methoxy groups -OCH3 is 2. The largest absolute Gasteiger partial charge is 0.493 e. The first-order valence-corrected chi connectivity index (χ1v) is 15.5. The maximum absolute atomic E-state index is 12.9. The molecule has 0 bridgehead atoms. The fraction of sp³-hybridized carbons (Fsp3) is 0.179. The number of hydrogen-bond acceptors (Lipinski definition) is 8. The number of rotatable bonds is 16. The van der Waals surface area contributed by atoms with Crippen molar-refractivity contribution in [1.82, 2.24) is 5.43 Å². The highest BCUT2D eigenvalue weighted by molar-refractivity contribution is 5.95. The molecule has 0 aromatic heterocycles. The van der Waals surface area contributed by atoms with Crippen molar-refractivity contribution in [3.8, 4) is 34.5 Å². The fourth-order valence-corrected chi connectivity index (χ4v) is 4.70. The molecule has 48 heavy (non-hydrogen) atoms. The van der Waals surface area contributed by atoms with Crippen LogP contribution in [-0.4, -0.2) is 32.9 Å². The van der Waals surface area contributed by atoms with E-state index in [-0.39, 0.29) is 12.5 Å². The Morgan fingerprint density at radius 3 is 1.73 bits per heavy atom. The Kier molecular flexibility index (Phi) is 11.9. The van der Waals surface area contributed by atoms with Crippen molar-refractivity contribution in [2.75, 3.05) is 20.8 Å². The number of benzene rings is 5. The number of ether oxygens (including phenoxy) is 6. The summed E-state index contributed by atoms with van der Waals surface area (Å²) in [5.41, 5.74) is 6.66. The molecule has 0 aliphatic carbocycles. The Hall–Kier alpha value is -5.96. The van der Waals surface area contributed by atoms with E-state index in [4.69, 9.17) is 28.4 Å². The average molecular weight is 647 g/mol. The van der Waals surface area contributed by atoms with Gasteiger partial charge in [-0.2, -0.15) is 5.10 Å². The minimum absolute atomic E-state index is 0.287. The Morgan fingerprint density at radius 2 is 1.12 bits per heavy atom. The normalized spacial score (nSPS) is 10.7. The quantitative estimate of drug-likeness (QED) is 0.0871. The van der Waals surface area contributed by atoms with Crippen molar-refractivity contribution in [2.45, 2.75) is 26.7 Å². The summed E-state index contributed by atoms with van der Waals surface area (Å²) in [6, 6.07) is 35.9. The van der Waals surface area contributed by atoms with Crippen LogP contribution in [0, 0.1) is 0 Å². The molecule has 0 saturated heterocycles. The number of carbonyl (C=O) groups excluding carboxylic acids is 1. The van der Waals surface area contributed by atoms with E-state index in [2.05, 4.69) is 10.5 Å². The lowest BCUT2D eigenvalue weighted by Gasteiger charge is -2.14. The molecule has 0 aliphatic rings. The predicted molar refractivity (Wildman–Crippen MR) is 185 cm³/mol. The first-order chi connectivity index (χ1) is 23.6. The highest BCUT2D eigenvalue weighted by Gasteiger charge is 2.13. The zero-order valence-corrected chi connectivity index (χ0v) is 27.2. The van der Waals surface area contributed by atoms with Gasteiger partial charge in [0.25, 0.3) is 5.91 Å². The molecular weight excluding hydrogens is 608 g/mol. The first kappa shape index (κ1) is 33.4. The third-order valence-electron chi connectivity index (χ3n) is 7.17. The number of nitrogens with zero attached hydrogens (tertiary/aromatic N) is 1. The van der Waals surface area contributed by atoms with Gasteiger partial charge >= 0.3 is 0 Å². The summed E-state index contributed by atoms with van der Waals surface area (Å²) in [5.74, 6) is 3.00. The summed E-state index contributed by atoms with van der Waals surface area (Å²) in [7, 11) is 3.17. The van der Waals surface area contributed by atoms with E-state index >= 15 is 0 Å². The van der Waals surface area contributed by atoms with E-state index in [1.807, 2.05) is 91.9 Å². The molecule has 0 unspecified atom stereocenters. The standard InChI is InChI=1S/C39H38N2O7/c1-4-45-38-23-32(17-20-35(38)47-26-29-13-9-6-10-14-29)39(42)41-40-24-30-15-18-33(36(21-30)43-2)48-27-31-16-19-34(37(22-31)44-3)46-25-28-11-7-5-8-12-28/h5-24H,4,25-27H2,1-3H3,(H,41,42)/b40-24+. The summed E-state index contributed by atoms with van der Waals surface area (Å²) in [6.45, 7) is 3.42. The minimum atomic E-state index is -0.388. The topological polar surface area (TPSA) is 96.8 Å². The van der Waals surface area contributed by atoms with E-state index in [1.165, 1.54) is 6.21 Å². The average Bonchev–Trinajstić information content (AvgIpc) is 3.13. The Labute approximate surface area is 280 Å². The molecule has 9 nitrogen and oxygen atoms in total. The minimum Gasteiger partial charge on any atom is -0.493 e. The number of hydrazone groups is 1. The summed E-state index contributed by atoms with van der Waals surface area (Å²) in [6.07, 6.45) is 1.53. The van der Waals surface area contributed by atoms with Crippen LogP contribution in [0.3, 0.4) is 0 Å². The Balaban J connectivity index is 1.16. The van der Waals surface area contributed by atoms with Crippen molar-refractivity contribution in [3.63, 3.8) is 0 Å². The molecule has 0 fully saturated rings. The summed E-state index contributed by atoms with van der Waals surface area (Å²) in [4.78, 5) is 12.9. The highest BCUT2D eigenvalue weighted by atomic mass is 16.5. The predicted octanol–water partition coefficient (Wildman–Crippen LogP) is 7.60. The molecule has 0 heterocycles. The van der Waals surface area contributed by atoms with E-state index in [0.717, 1.165) is 16.7 Å². The molecule has 9 heteroatoms. The van der Waals surface area contributed by atoms with E-state index in [9.17, 15) is 4.79 Å². The van der Waals surface area contributed by atoms with Crippen LogP contribution in [0.25, 0.3) is 0 Å². The lowest BCUT2D eigenvalue weighted by molar-refractivity contribution is 0.0954.